The predicted octanol–water partition coefficient (Wildman–Crippen LogP) is 6.49. The van der Waals surface area contributed by atoms with Crippen LogP contribution in [0.4, 0.5) is 0 Å². The van der Waals surface area contributed by atoms with Crippen LogP contribution in [-0.4, -0.2) is 11.9 Å². The van der Waals surface area contributed by atoms with E-state index in [-0.39, 0.29) is 0 Å². The van der Waals surface area contributed by atoms with Crippen LogP contribution in [0.3, 0.4) is 0 Å². The molecule has 0 aromatic heterocycles. The lowest BCUT2D eigenvalue weighted by atomic mass is 9.98. The van der Waals surface area contributed by atoms with Crippen molar-refractivity contribution in [1.82, 2.24) is 0 Å². The standard InChI is InChI=1S/C30H29ClO4/c1-4-29(32)34-27-16-15-25(26(19-27)20-31)14-12-23-8-6-22(7-9-23)10-11-24-13-17-28(21(3)18-24)35-30(33)5-2/h4-9,13,15-19H,1-2,10-12,14,20H2,3H3. The molecule has 0 fully saturated rings. The summed E-state index contributed by atoms with van der Waals surface area (Å²) in [5.74, 6) is 0.449. The third kappa shape index (κ3) is 7.69. The molecule has 0 aliphatic carbocycles. The molecule has 0 aliphatic rings. The van der Waals surface area contributed by atoms with Crippen LogP contribution in [0.15, 0.2) is 86.0 Å². The molecule has 0 saturated heterocycles. The van der Waals surface area contributed by atoms with E-state index in [1.807, 2.05) is 31.2 Å². The molecule has 4 nitrogen and oxygen atoms in total. The van der Waals surface area contributed by atoms with Gasteiger partial charge in [0.2, 0.25) is 0 Å². The highest BCUT2D eigenvalue weighted by Crippen LogP contribution is 2.23. The van der Waals surface area contributed by atoms with Gasteiger partial charge in [-0.2, -0.15) is 0 Å². The van der Waals surface area contributed by atoms with Gasteiger partial charge in [0.05, 0.1) is 0 Å². The first kappa shape index (κ1) is 26.0. The zero-order valence-electron chi connectivity index (χ0n) is 19.9. The van der Waals surface area contributed by atoms with E-state index in [1.165, 1.54) is 16.7 Å². The Bertz CT molecular complexity index is 1210. The quantitative estimate of drug-likeness (QED) is 0.134. The minimum absolute atomic E-state index is 0.352. The van der Waals surface area contributed by atoms with Gasteiger partial charge in [0, 0.05) is 18.0 Å². The SMILES string of the molecule is C=CC(=O)Oc1ccc(CCc2ccc(CCc3ccc(OC(=O)C=C)c(C)c3)cc2)c(CCl)c1. The van der Waals surface area contributed by atoms with Crippen LogP contribution < -0.4 is 9.47 Å². The summed E-state index contributed by atoms with van der Waals surface area (Å²) in [4.78, 5) is 22.8. The van der Waals surface area contributed by atoms with Gasteiger partial charge in [0.1, 0.15) is 11.5 Å². The Labute approximate surface area is 211 Å². The van der Waals surface area contributed by atoms with Crippen LogP contribution >= 0.6 is 11.6 Å². The molecular formula is C30H29ClO4. The predicted molar refractivity (Wildman–Crippen MR) is 140 cm³/mol. The van der Waals surface area contributed by atoms with Crippen molar-refractivity contribution < 1.29 is 19.1 Å². The number of carbonyl (C=O) groups excluding carboxylic acids is 2. The highest BCUT2D eigenvalue weighted by molar-refractivity contribution is 6.17. The number of hydrogen-bond acceptors (Lipinski definition) is 4. The Kier molecular flexibility index (Phi) is 9.45. The number of aryl methyl sites for hydroxylation is 5. The Morgan fingerprint density at radius 3 is 1.91 bits per heavy atom. The van der Waals surface area contributed by atoms with Crippen LogP contribution in [-0.2, 0) is 41.2 Å². The minimum atomic E-state index is -0.487. The molecule has 5 heteroatoms. The highest BCUT2D eigenvalue weighted by atomic mass is 35.5. The number of benzene rings is 3. The van der Waals surface area contributed by atoms with Crippen molar-refractivity contribution in [2.75, 3.05) is 0 Å². The number of ether oxygens (including phenoxy) is 2. The molecule has 0 atom stereocenters. The first-order chi connectivity index (χ1) is 16.9. The van der Waals surface area contributed by atoms with Gasteiger partial charge >= 0.3 is 11.9 Å². The topological polar surface area (TPSA) is 52.6 Å². The maximum absolute atomic E-state index is 11.4. The normalized spacial score (nSPS) is 10.5. The molecule has 3 aromatic carbocycles. The molecule has 0 unspecified atom stereocenters. The summed E-state index contributed by atoms with van der Waals surface area (Å²) in [5.41, 5.74) is 6.74. The Morgan fingerprint density at radius 2 is 1.31 bits per heavy atom. The zero-order valence-corrected chi connectivity index (χ0v) is 20.6. The second kappa shape index (κ2) is 12.7. The summed E-state index contributed by atoms with van der Waals surface area (Å²) >= 11 is 6.12. The minimum Gasteiger partial charge on any atom is -0.423 e. The molecule has 35 heavy (non-hydrogen) atoms. The molecule has 0 amide bonds. The maximum atomic E-state index is 11.4. The number of halogens is 1. The summed E-state index contributed by atoms with van der Waals surface area (Å²) < 4.78 is 10.4. The van der Waals surface area contributed by atoms with Gasteiger partial charge in [-0.3, -0.25) is 0 Å². The number of carbonyl (C=O) groups is 2. The zero-order chi connectivity index (χ0) is 25.2. The fourth-order valence-corrected chi connectivity index (χ4v) is 4.01. The van der Waals surface area contributed by atoms with Gasteiger partial charge in [-0.1, -0.05) is 55.6 Å². The van der Waals surface area contributed by atoms with Crippen molar-refractivity contribution in [2.45, 2.75) is 38.5 Å². The van der Waals surface area contributed by atoms with E-state index in [1.54, 1.807) is 6.07 Å². The molecular weight excluding hydrogens is 460 g/mol. The Morgan fingerprint density at radius 1 is 0.743 bits per heavy atom. The average molecular weight is 489 g/mol. The summed E-state index contributed by atoms with van der Waals surface area (Å²) in [7, 11) is 0. The maximum Gasteiger partial charge on any atom is 0.335 e. The Balaban J connectivity index is 1.54. The van der Waals surface area contributed by atoms with Gasteiger partial charge in [-0.25, -0.2) is 9.59 Å². The second-order valence-corrected chi connectivity index (χ2v) is 8.50. The fourth-order valence-electron chi connectivity index (χ4n) is 3.76. The lowest BCUT2D eigenvalue weighted by molar-refractivity contribution is -0.129. The monoisotopic (exact) mass is 488 g/mol. The van der Waals surface area contributed by atoms with Gasteiger partial charge in [0.15, 0.2) is 0 Å². The van der Waals surface area contributed by atoms with E-state index in [0.29, 0.717) is 17.4 Å². The molecule has 0 spiro atoms. The van der Waals surface area contributed by atoms with Crippen LogP contribution in [0.25, 0.3) is 0 Å². The molecule has 0 aliphatic heterocycles. The van der Waals surface area contributed by atoms with Crippen molar-refractivity contribution in [1.29, 1.82) is 0 Å². The highest BCUT2D eigenvalue weighted by Gasteiger charge is 2.08. The van der Waals surface area contributed by atoms with E-state index < -0.39 is 11.9 Å². The average Bonchev–Trinajstić information content (AvgIpc) is 2.88. The molecule has 3 aromatic rings. The lowest BCUT2D eigenvalue weighted by Gasteiger charge is -2.11. The third-order valence-electron chi connectivity index (χ3n) is 5.73. The molecule has 0 N–H and O–H groups in total. The van der Waals surface area contributed by atoms with Crippen molar-refractivity contribution in [3.63, 3.8) is 0 Å². The molecule has 180 valence electrons. The number of hydrogen-bond donors (Lipinski definition) is 0. The first-order valence-corrected chi connectivity index (χ1v) is 12.0. The van der Waals surface area contributed by atoms with E-state index >= 15 is 0 Å². The second-order valence-electron chi connectivity index (χ2n) is 8.23. The number of rotatable bonds is 11. The van der Waals surface area contributed by atoms with Gasteiger partial charge in [0.25, 0.3) is 0 Å². The molecule has 0 heterocycles. The van der Waals surface area contributed by atoms with E-state index in [0.717, 1.165) is 54.5 Å². The molecule has 0 saturated carbocycles. The van der Waals surface area contributed by atoms with Gasteiger partial charge in [-0.05, 0) is 84.2 Å². The van der Waals surface area contributed by atoms with E-state index in [2.05, 4.69) is 43.5 Å². The van der Waals surface area contributed by atoms with Crippen molar-refractivity contribution in [3.8, 4) is 11.5 Å². The smallest absolute Gasteiger partial charge is 0.335 e. The van der Waals surface area contributed by atoms with Crippen molar-refractivity contribution in [3.05, 3.63) is 119 Å². The molecule has 0 radical (unpaired) electrons. The van der Waals surface area contributed by atoms with E-state index in [9.17, 15) is 9.59 Å². The van der Waals surface area contributed by atoms with Crippen LogP contribution in [0, 0.1) is 6.92 Å². The van der Waals surface area contributed by atoms with Crippen LogP contribution in [0.1, 0.15) is 33.4 Å². The van der Waals surface area contributed by atoms with Crippen molar-refractivity contribution in [2.24, 2.45) is 0 Å². The summed E-state index contributed by atoms with van der Waals surface area (Å²) in [5, 5.41) is 0. The Hall–Kier alpha value is -3.63. The van der Waals surface area contributed by atoms with Gasteiger partial charge in [-0.15, -0.1) is 11.6 Å². The third-order valence-corrected chi connectivity index (χ3v) is 6.02. The molecule has 3 rings (SSSR count). The largest absolute Gasteiger partial charge is 0.423 e. The number of esters is 2. The lowest BCUT2D eigenvalue weighted by Crippen LogP contribution is -2.04. The van der Waals surface area contributed by atoms with E-state index in [4.69, 9.17) is 21.1 Å². The van der Waals surface area contributed by atoms with Crippen LogP contribution in [0.5, 0.6) is 11.5 Å². The first-order valence-electron chi connectivity index (χ1n) is 11.5. The van der Waals surface area contributed by atoms with Crippen LogP contribution in [0.2, 0.25) is 0 Å². The molecule has 0 bridgehead atoms. The van der Waals surface area contributed by atoms with Crippen molar-refractivity contribution >= 4 is 23.5 Å². The van der Waals surface area contributed by atoms with Gasteiger partial charge < -0.3 is 9.47 Å². The fraction of sp³-hybridized carbons (Fsp3) is 0.200. The number of alkyl halides is 1. The summed E-state index contributed by atoms with van der Waals surface area (Å²) in [6.45, 7) is 8.77. The summed E-state index contributed by atoms with van der Waals surface area (Å²) in [6.07, 6.45) is 5.86. The summed E-state index contributed by atoms with van der Waals surface area (Å²) in [6, 6.07) is 20.1.